The Morgan fingerprint density at radius 2 is 1.82 bits per heavy atom. The lowest BCUT2D eigenvalue weighted by Gasteiger charge is -2.30. The van der Waals surface area contributed by atoms with E-state index in [9.17, 15) is 4.79 Å². The van der Waals surface area contributed by atoms with E-state index >= 15 is 0 Å². The van der Waals surface area contributed by atoms with Gasteiger partial charge in [0, 0.05) is 41.5 Å². The van der Waals surface area contributed by atoms with E-state index in [1.54, 1.807) is 0 Å². The number of amides is 1. The second-order valence-electron chi connectivity index (χ2n) is 7.95. The third-order valence-electron chi connectivity index (χ3n) is 5.20. The van der Waals surface area contributed by atoms with Crippen LogP contribution in [0, 0.1) is 20.8 Å². The normalized spacial score (nSPS) is 11.7. The molecule has 0 atom stereocenters. The van der Waals surface area contributed by atoms with Crippen molar-refractivity contribution in [2.45, 2.75) is 67.0 Å². The number of hydrogen-bond donors (Lipinski definition) is 1. The summed E-state index contributed by atoms with van der Waals surface area (Å²) in [5.74, 6) is 0.0279. The molecule has 28 heavy (non-hydrogen) atoms. The van der Waals surface area contributed by atoms with Crippen molar-refractivity contribution in [3.8, 4) is 5.69 Å². The molecule has 1 N–H and O–H groups in total. The van der Waals surface area contributed by atoms with Gasteiger partial charge in [0.1, 0.15) is 0 Å². The second kappa shape index (κ2) is 9.57. The van der Waals surface area contributed by atoms with Crippen LogP contribution in [-0.4, -0.2) is 45.8 Å². The molecule has 0 aliphatic carbocycles. The van der Waals surface area contributed by atoms with Crippen LogP contribution in [0.25, 0.3) is 5.69 Å². The standard InChI is InChI=1S/C22H33ClN4O/c1-14(2)26(15(3)4)11-10-24-22(28)13-20-17(6)25-27(18(20)7)19-9-8-16(5)21(23)12-19/h8-9,12,14-15H,10-11,13H2,1-7H3,(H,24,28). The zero-order valence-corrected chi connectivity index (χ0v) is 18.9. The third kappa shape index (κ3) is 5.36. The molecular formula is C22H33ClN4O. The van der Waals surface area contributed by atoms with Gasteiger partial charge in [0.15, 0.2) is 0 Å². The van der Waals surface area contributed by atoms with Crippen LogP contribution in [0.4, 0.5) is 0 Å². The van der Waals surface area contributed by atoms with Gasteiger partial charge in [0.2, 0.25) is 5.91 Å². The Morgan fingerprint density at radius 3 is 2.39 bits per heavy atom. The molecule has 0 aliphatic heterocycles. The van der Waals surface area contributed by atoms with Crippen molar-refractivity contribution in [2.75, 3.05) is 13.1 Å². The molecule has 0 radical (unpaired) electrons. The van der Waals surface area contributed by atoms with Gasteiger partial charge in [0.25, 0.3) is 0 Å². The quantitative estimate of drug-likeness (QED) is 0.716. The summed E-state index contributed by atoms with van der Waals surface area (Å²) in [6, 6.07) is 6.81. The summed E-state index contributed by atoms with van der Waals surface area (Å²) < 4.78 is 1.86. The Morgan fingerprint density at radius 1 is 1.18 bits per heavy atom. The van der Waals surface area contributed by atoms with E-state index in [2.05, 4.69) is 43.0 Å². The number of nitrogens with zero attached hydrogens (tertiary/aromatic N) is 3. The number of hydrogen-bond acceptors (Lipinski definition) is 3. The van der Waals surface area contributed by atoms with Crippen LogP contribution >= 0.6 is 11.6 Å². The lowest BCUT2D eigenvalue weighted by Crippen LogP contribution is -2.42. The number of aryl methyl sites for hydroxylation is 2. The van der Waals surface area contributed by atoms with Crippen molar-refractivity contribution in [3.05, 3.63) is 45.7 Å². The summed E-state index contributed by atoms with van der Waals surface area (Å²) in [7, 11) is 0. The van der Waals surface area contributed by atoms with E-state index in [0.717, 1.165) is 34.7 Å². The van der Waals surface area contributed by atoms with Crippen LogP contribution < -0.4 is 5.32 Å². The first-order valence-electron chi connectivity index (χ1n) is 9.95. The van der Waals surface area contributed by atoms with E-state index in [4.69, 9.17) is 11.6 Å². The van der Waals surface area contributed by atoms with E-state index < -0.39 is 0 Å². The van der Waals surface area contributed by atoms with Crippen LogP contribution in [0.3, 0.4) is 0 Å². The lowest BCUT2D eigenvalue weighted by atomic mass is 10.1. The molecule has 1 aromatic heterocycles. The maximum atomic E-state index is 12.5. The highest BCUT2D eigenvalue weighted by molar-refractivity contribution is 6.31. The van der Waals surface area contributed by atoms with Gasteiger partial charge in [-0.05, 0) is 66.2 Å². The molecule has 1 amide bonds. The molecule has 0 unspecified atom stereocenters. The maximum absolute atomic E-state index is 12.5. The molecule has 0 aliphatic rings. The number of aromatic nitrogens is 2. The zero-order chi connectivity index (χ0) is 21.0. The van der Waals surface area contributed by atoms with Crippen molar-refractivity contribution in [2.24, 2.45) is 0 Å². The van der Waals surface area contributed by atoms with Gasteiger partial charge in [-0.1, -0.05) is 17.7 Å². The minimum Gasteiger partial charge on any atom is -0.355 e. The molecule has 0 saturated heterocycles. The Balaban J connectivity index is 2.05. The minimum atomic E-state index is 0.0279. The molecule has 0 saturated carbocycles. The van der Waals surface area contributed by atoms with Gasteiger partial charge in [-0.15, -0.1) is 0 Å². The number of carbonyl (C=O) groups excluding carboxylic acids is 1. The molecule has 1 heterocycles. The number of nitrogens with one attached hydrogen (secondary N) is 1. The average Bonchev–Trinajstić information content (AvgIpc) is 2.88. The Hall–Kier alpha value is -1.85. The topological polar surface area (TPSA) is 50.2 Å². The minimum absolute atomic E-state index is 0.0279. The van der Waals surface area contributed by atoms with Crippen LogP contribution in [-0.2, 0) is 11.2 Å². The summed E-state index contributed by atoms with van der Waals surface area (Å²) in [6.45, 7) is 16.1. The first-order valence-corrected chi connectivity index (χ1v) is 10.3. The highest BCUT2D eigenvalue weighted by atomic mass is 35.5. The Bertz CT molecular complexity index is 818. The maximum Gasteiger partial charge on any atom is 0.224 e. The van der Waals surface area contributed by atoms with Crippen molar-refractivity contribution in [3.63, 3.8) is 0 Å². The summed E-state index contributed by atoms with van der Waals surface area (Å²) in [6.07, 6.45) is 0.334. The fourth-order valence-electron chi connectivity index (χ4n) is 3.56. The molecule has 0 bridgehead atoms. The van der Waals surface area contributed by atoms with E-state index in [0.29, 0.717) is 30.1 Å². The molecule has 6 heteroatoms. The summed E-state index contributed by atoms with van der Waals surface area (Å²) in [5, 5.41) is 8.39. The number of rotatable bonds is 8. The SMILES string of the molecule is Cc1ccc(-n2nc(C)c(CC(=O)NCCN(C(C)C)C(C)C)c2C)cc1Cl. The average molecular weight is 405 g/mol. The summed E-state index contributed by atoms with van der Waals surface area (Å²) in [4.78, 5) is 14.9. The molecule has 154 valence electrons. The van der Waals surface area contributed by atoms with Crippen molar-refractivity contribution in [1.29, 1.82) is 0 Å². The van der Waals surface area contributed by atoms with Crippen molar-refractivity contribution >= 4 is 17.5 Å². The zero-order valence-electron chi connectivity index (χ0n) is 18.1. The highest BCUT2D eigenvalue weighted by Gasteiger charge is 2.17. The van der Waals surface area contributed by atoms with E-state index in [-0.39, 0.29) is 5.91 Å². The van der Waals surface area contributed by atoms with E-state index in [1.165, 1.54) is 0 Å². The molecule has 1 aromatic carbocycles. The molecular weight excluding hydrogens is 372 g/mol. The van der Waals surface area contributed by atoms with Gasteiger partial charge < -0.3 is 5.32 Å². The van der Waals surface area contributed by atoms with Gasteiger partial charge in [-0.3, -0.25) is 9.69 Å². The Kier molecular flexibility index (Phi) is 7.67. The van der Waals surface area contributed by atoms with Crippen LogP contribution in [0.15, 0.2) is 18.2 Å². The van der Waals surface area contributed by atoms with Crippen LogP contribution in [0.1, 0.15) is 50.2 Å². The van der Waals surface area contributed by atoms with E-state index in [1.807, 2.05) is 43.7 Å². The monoisotopic (exact) mass is 404 g/mol. The van der Waals surface area contributed by atoms with Crippen molar-refractivity contribution < 1.29 is 4.79 Å². The molecule has 0 spiro atoms. The molecule has 0 fully saturated rings. The van der Waals surface area contributed by atoms with Gasteiger partial charge >= 0.3 is 0 Å². The molecule has 5 nitrogen and oxygen atoms in total. The fraction of sp³-hybridized carbons (Fsp3) is 0.545. The highest BCUT2D eigenvalue weighted by Crippen LogP contribution is 2.23. The summed E-state index contributed by atoms with van der Waals surface area (Å²) in [5.41, 5.74) is 4.75. The Labute approximate surface area is 174 Å². The smallest absolute Gasteiger partial charge is 0.224 e. The number of benzene rings is 1. The summed E-state index contributed by atoms with van der Waals surface area (Å²) >= 11 is 6.26. The molecule has 2 rings (SSSR count). The lowest BCUT2D eigenvalue weighted by molar-refractivity contribution is -0.120. The largest absolute Gasteiger partial charge is 0.355 e. The van der Waals surface area contributed by atoms with Gasteiger partial charge in [0.05, 0.1) is 17.8 Å². The predicted octanol–water partition coefficient (Wildman–Crippen LogP) is 4.23. The van der Waals surface area contributed by atoms with Gasteiger partial charge in [-0.2, -0.15) is 5.10 Å². The van der Waals surface area contributed by atoms with Crippen LogP contribution in [0.5, 0.6) is 0 Å². The van der Waals surface area contributed by atoms with Crippen LogP contribution in [0.2, 0.25) is 5.02 Å². The van der Waals surface area contributed by atoms with Crippen molar-refractivity contribution in [1.82, 2.24) is 20.0 Å². The number of halogens is 1. The predicted molar refractivity (Wildman–Crippen MR) is 116 cm³/mol. The first-order chi connectivity index (χ1) is 13.1. The number of carbonyl (C=O) groups is 1. The molecule has 2 aromatic rings. The third-order valence-corrected chi connectivity index (χ3v) is 5.60. The first kappa shape index (κ1) is 22.4. The fourth-order valence-corrected chi connectivity index (χ4v) is 3.73. The second-order valence-corrected chi connectivity index (χ2v) is 8.35. The van der Waals surface area contributed by atoms with Gasteiger partial charge in [-0.25, -0.2) is 4.68 Å².